The number of carbonyl (C=O) groups excluding carboxylic acids is 1. The first-order valence-corrected chi connectivity index (χ1v) is 10.9. The van der Waals surface area contributed by atoms with Crippen LogP contribution in [0.4, 0.5) is 0 Å². The Morgan fingerprint density at radius 3 is 2.39 bits per heavy atom. The zero-order chi connectivity index (χ0) is 19.5. The SMILES string of the molecule is CC1(CN)CCN(C(=O)CCc2ccc(S(=O)(=O)N3CCOCC3)cc2)C1.Cl. The van der Waals surface area contributed by atoms with Crippen LogP contribution in [0.2, 0.25) is 0 Å². The number of hydrogen-bond donors (Lipinski definition) is 1. The molecule has 0 bridgehead atoms. The fourth-order valence-corrected chi connectivity index (χ4v) is 4.98. The molecule has 2 fully saturated rings. The molecule has 2 N–H and O–H groups in total. The molecule has 9 heteroatoms. The van der Waals surface area contributed by atoms with Crippen molar-refractivity contribution in [2.24, 2.45) is 11.1 Å². The van der Waals surface area contributed by atoms with Crippen molar-refractivity contribution in [1.82, 2.24) is 9.21 Å². The van der Waals surface area contributed by atoms with E-state index in [0.29, 0.717) is 45.7 Å². The summed E-state index contributed by atoms with van der Waals surface area (Å²) in [5.41, 5.74) is 6.80. The maximum absolute atomic E-state index is 12.6. The number of halogens is 1. The Balaban J connectivity index is 0.00000280. The highest BCUT2D eigenvalue weighted by Crippen LogP contribution is 2.29. The summed E-state index contributed by atoms with van der Waals surface area (Å²) in [4.78, 5) is 14.6. The summed E-state index contributed by atoms with van der Waals surface area (Å²) in [7, 11) is -3.47. The van der Waals surface area contributed by atoms with Crippen LogP contribution in [-0.2, 0) is 26.0 Å². The normalized spacial score (nSPS) is 23.4. The minimum Gasteiger partial charge on any atom is -0.379 e. The molecule has 2 saturated heterocycles. The predicted octanol–water partition coefficient (Wildman–Crippen LogP) is 1.26. The predicted molar refractivity (Wildman–Crippen MR) is 110 cm³/mol. The molecule has 28 heavy (non-hydrogen) atoms. The topological polar surface area (TPSA) is 92.9 Å². The highest BCUT2D eigenvalue weighted by molar-refractivity contribution is 7.89. The van der Waals surface area contributed by atoms with Gasteiger partial charge in [-0.05, 0) is 42.5 Å². The fourth-order valence-electron chi connectivity index (χ4n) is 3.58. The first kappa shape index (κ1) is 23.1. The third kappa shape index (κ3) is 5.24. The van der Waals surface area contributed by atoms with E-state index in [4.69, 9.17) is 10.5 Å². The smallest absolute Gasteiger partial charge is 0.243 e. The second kappa shape index (κ2) is 9.54. The third-order valence-corrected chi connectivity index (χ3v) is 7.47. The maximum Gasteiger partial charge on any atom is 0.243 e. The van der Waals surface area contributed by atoms with Gasteiger partial charge < -0.3 is 15.4 Å². The summed E-state index contributed by atoms with van der Waals surface area (Å²) in [6.07, 6.45) is 1.98. The van der Waals surface area contributed by atoms with Crippen LogP contribution in [0.5, 0.6) is 0 Å². The van der Waals surface area contributed by atoms with Gasteiger partial charge in [-0.2, -0.15) is 4.31 Å². The standard InChI is InChI=1S/C19H29N3O4S.ClH/c1-19(14-20)8-9-21(15-19)18(23)7-4-16-2-5-17(6-3-16)27(24,25)22-10-12-26-13-11-22;/h2-3,5-6H,4,7-15,20H2,1H3;1H. The lowest BCUT2D eigenvalue weighted by molar-refractivity contribution is -0.130. The number of ether oxygens (including phenoxy) is 1. The minimum atomic E-state index is -3.47. The molecule has 2 aliphatic rings. The minimum absolute atomic E-state index is 0. The molecule has 1 aromatic rings. The number of nitrogens with two attached hydrogens (primary N) is 1. The van der Waals surface area contributed by atoms with Gasteiger partial charge in [0.05, 0.1) is 18.1 Å². The summed E-state index contributed by atoms with van der Waals surface area (Å²) < 4.78 is 31.9. The van der Waals surface area contributed by atoms with Crippen LogP contribution in [0.15, 0.2) is 29.2 Å². The van der Waals surface area contributed by atoms with Gasteiger partial charge in [0.15, 0.2) is 0 Å². The van der Waals surface area contributed by atoms with Crippen molar-refractivity contribution < 1.29 is 17.9 Å². The number of hydrogen-bond acceptors (Lipinski definition) is 5. The second-order valence-electron chi connectivity index (χ2n) is 7.74. The van der Waals surface area contributed by atoms with Crippen LogP contribution in [0.25, 0.3) is 0 Å². The molecule has 0 saturated carbocycles. The summed E-state index contributed by atoms with van der Waals surface area (Å²) in [6.45, 7) is 5.83. The molecule has 0 aliphatic carbocycles. The Hall–Kier alpha value is -1.19. The van der Waals surface area contributed by atoms with Crippen molar-refractivity contribution in [1.29, 1.82) is 0 Å². The molecule has 3 rings (SSSR count). The maximum atomic E-state index is 12.6. The zero-order valence-electron chi connectivity index (χ0n) is 16.3. The van der Waals surface area contributed by atoms with E-state index in [1.807, 2.05) is 4.90 Å². The van der Waals surface area contributed by atoms with Crippen molar-refractivity contribution in [2.45, 2.75) is 31.1 Å². The van der Waals surface area contributed by atoms with Gasteiger partial charge in [0.2, 0.25) is 15.9 Å². The molecule has 0 spiro atoms. The Labute approximate surface area is 173 Å². The van der Waals surface area contributed by atoms with Gasteiger partial charge in [-0.3, -0.25) is 4.79 Å². The van der Waals surface area contributed by atoms with Gasteiger partial charge in [0.1, 0.15) is 0 Å². The van der Waals surface area contributed by atoms with E-state index >= 15 is 0 Å². The number of likely N-dealkylation sites (tertiary alicyclic amines) is 1. The summed E-state index contributed by atoms with van der Waals surface area (Å²) in [5.74, 6) is 0.136. The van der Waals surface area contributed by atoms with Gasteiger partial charge in [0, 0.05) is 32.6 Å². The zero-order valence-corrected chi connectivity index (χ0v) is 17.9. The molecule has 2 heterocycles. The number of morpholine rings is 1. The second-order valence-corrected chi connectivity index (χ2v) is 9.68. The summed E-state index contributed by atoms with van der Waals surface area (Å²) in [6, 6.07) is 6.86. The Kier molecular flexibility index (Phi) is 7.87. The molecular formula is C19H30ClN3O4S. The summed E-state index contributed by atoms with van der Waals surface area (Å²) in [5, 5.41) is 0. The molecule has 1 atom stereocenters. The number of rotatable bonds is 6. The number of benzene rings is 1. The van der Waals surface area contributed by atoms with E-state index in [9.17, 15) is 13.2 Å². The van der Waals surface area contributed by atoms with E-state index in [1.165, 1.54) is 4.31 Å². The van der Waals surface area contributed by atoms with Gasteiger partial charge in [0.25, 0.3) is 0 Å². The van der Waals surface area contributed by atoms with Crippen LogP contribution < -0.4 is 5.73 Å². The number of amides is 1. The van der Waals surface area contributed by atoms with Crippen molar-refractivity contribution in [3.63, 3.8) is 0 Å². The van der Waals surface area contributed by atoms with E-state index in [2.05, 4.69) is 6.92 Å². The molecule has 2 aliphatic heterocycles. The highest BCUT2D eigenvalue weighted by Gasteiger charge is 2.34. The van der Waals surface area contributed by atoms with E-state index < -0.39 is 10.0 Å². The molecule has 7 nitrogen and oxygen atoms in total. The number of carbonyl (C=O) groups is 1. The molecule has 0 radical (unpaired) electrons. The number of aryl methyl sites for hydroxylation is 1. The van der Waals surface area contributed by atoms with Crippen LogP contribution in [0.1, 0.15) is 25.3 Å². The van der Waals surface area contributed by atoms with E-state index in [-0.39, 0.29) is 28.6 Å². The molecule has 1 aromatic carbocycles. The first-order chi connectivity index (χ1) is 12.8. The van der Waals surface area contributed by atoms with E-state index in [1.54, 1.807) is 24.3 Å². The summed E-state index contributed by atoms with van der Waals surface area (Å²) >= 11 is 0. The van der Waals surface area contributed by atoms with Crippen molar-refractivity contribution >= 4 is 28.3 Å². The fraction of sp³-hybridized carbons (Fsp3) is 0.632. The molecule has 0 aromatic heterocycles. The Morgan fingerprint density at radius 1 is 1.18 bits per heavy atom. The lowest BCUT2D eigenvalue weighted by Gasteiger charge is -2.26. The Morgan fingerprint density at radius 2 is 1.82 bits per heavy atom. The van der Waals surface area contributed by atoms with Gasteiger partial charge in [-0.25, -0.2) is 8.42 Å². The van der Waals surface area contributed by atoms with Crippen molar-refractivity contribution in [3.05, 3.63) is 29.8 Å². The monoisotopic (exact) mass is 431 g/mol. The number of sulfonamides is 1. The van der Waals surface area contributed by atoms with Gasteiger partial charge in [-0.15, -0.1) is 12.4 Å². The van der Waals surface area contributed by atoms with Crippen LogP contribution in [0.3, 0.4) is 0 Å². The van der Waals surface area contributed by atoms with E-state index in [0.717, 1.165) is 25.1 Å². The van der Waals surface area contributed by atoms with Gasteiger partial charge >= 0.3 is 0 Å². The molecule has 158 valence electrons. The molecule has 1 unspecified atom stereocenters. The Bertz CT molecular complexity index is 766. The van der Waals surface area contributed by atoms with Crippen molar-refractivity contribution in [3.8, 4) is 0 Å². The quantitative estimate of drug-likeness (QED) is 0.731. The largest absolute Gasteiger partial charge is 0.379 e. The average molecular weight is 432 g/mol. The van der Waals surface area contributed by atoms with Gasteiger partial charge in [-0.1, -0.05) is 19.1 Å². The first-order valence-electron chi connectivity index (χ1n) is 9.49. The lowest BCUT2D eigenvalue weighted by Crippen LogP contribution is -2.40. The van der Waals surface area contributed by atoms with Crippen molar-refractivity contribution in [2.75, 3.05) is 45.9 Å². The number of nitrogens with zero attached hydrogens (tertiary/aromatic N) is 2. The average Bonchev–Trinajstić information content (AvgIpc) is 3.10. The highest BCUT2D eigenvalue weighted by atomic mass is 35.5. The molecular weight excluding hydrogens is 402 g/mol. The molecule has 1 amide bonds. The van der Waals surface area contributed by atoms with Crippen LogP contribution >= 0.6 is 12.4 Å². The van der Waals surface area contributed by atoms with Crippen LogP contribution in [-0.4, -0.2) is 69.5 Å². The third-order valence-electron chi connectivity index (χ3n) is 5.56. The lowest BCUT2D eigenvalue weighted by atomic mass is 9.90. The van der Waals surface area contributed by atoms with Crippen LogP contribution in [0, 0.1) is 5.41 Å².